The smallest absolute Gasteiger partial charge is 0.253 e. The fourth-order valence-electron chi connectivity index (χ4n) is 4.06. The highest BCUT2D eigenvalue weighted by Gasteiger charge is 2.38. The molecule has 5 nitrogen and oxygen atoms in total. The van der Waals surface area contributed by atoms with Crippen LogP contribution in [0.1, 0.15) is 36.5 Å². The van der Waals surface area contributed by atoms with Gasteiger partial charge < -0.3 is 4.90 Å². The van der Waals surface area contributed by atoms with E-state index in [-0.39, 0.29) is 5.91 Å². The summed E-state index contributed by atoms with van der Waals surface area (Å²) in [6, 6.07) is 7.78. The second kappa shape index (κ2) is 5.80. The van der Waals surface area contributed by atoms with Crippen LogP contribution in [0.2, 0.25) is 0 Å². The Labute approximate surface area is 136 Å². The number of benzene rings is 1. The van der Waals surface area contributed by atoms with Gasteiger partial charge in [-0.15, -0.1) is 0 Å². The number of carbonyl (C=O) groups is 1. The Morgan fingerprint density at radius 1 is 1.17 bits per heavy atom. The number of carbonyl (C=O) groups excluding carboxylic acids is 1. The number of fused-ring (bicyclic) bond motifs is 1. The molecule has 1 aliphatic carbocycles. The molecule has 2 atom stereocenters. The maximum absolute atomic E-state index is 12.7. The fraction of sp³-hybridized carbons (Fsp3) is 0.500. The molecule has 1 aliphatic heterocycles. The van der Waals surface area contributed by atoms with Crippen LogP contribution in [0, 0.1) is 11.8 Å². The fourth-order valence-corrected chi connectivity index (χ4v) is 4.06. The van der Waals surface area contributed by atoms with E-state index in [0.29, 0.717) is 0 Å². The van der Waals surface area contributed by atoms with Crippen LogP contribution in [0.3, 0.4) is 0 Å². The first kappa shape index (κ1) is 14.4. The summed E-state index contributed by atoms with van der Waals surface area (Å²) >= 11 is 0. The summed E-state index contributed by atoms with van der Waals surface area (Å²) in [6.07, 6.45) is 5.49. The van der Waals surface area contributed by atoms with Crippen LogP contribution in [-0.2, 0) is 6.54 Å². The normalized spacial score (nSPS) is 23.3. The first-order valence-corrected chi connectivity index (χ1v) is 8.53. The molecule has 1 amide bonds. The largest absolute Gasteiger partial charge is 0.338 e. The van der Waals surface area contributed by atoms with E-state index in [0.717, 1.165) is 48.4 Å². The van der Waals surface area contributed by atoms with Crippen molar-refractivity contribution in [1.82, 2.24) is 19.7 Å². The van der Waals surface area contributed by atoms with E-state index < -0.39 is 0 Å². The van der Waals surface area contributed by atoms with Gasteiger partial charge in [0.1, 0.15) is 6.33 Å². The number of aromatic nitrogens is 3. The van der Waals surface area contributed by atoms with Gasteiger partial charge in [0, 0.05) is 30.8 Å². The zero-order valence-electron chi connectivity index (χ0n) is 13.5. The molecule has 5 heteroatoms. The molecule has 4 rings (SSSR count). The molecule has 2 heterocycles. The number of amides is 1. The van der Waals surface area contributed by atoms with Crippen molar-refractivity contribution in [3.05, 3.63) is 36.2 Å². The van der Waals surface area contributed by atoms with Crippen LogP contribution in [-0.4, -0.2) is 38.7 Å². The zero-order chi connectivity index (χ0) is 15.8. The van der Waals surface area contributed by atoms with Gasteiger partial charge in [0.15, 0.2) is 5.82 Å². The van der Waals surface area contributed by atoms with E-state index in [9.17, 15) is 4.79 Å². The maximum Gasteiger partial charge on any atom is 0.253 e. The van der Waals surface area contributed by atoms with Crippen LogP contribution in [0.25, 0.3) is 11.4 Å². The number of likely N-dealkylation sites (tertiary alicyclic amines) is 1. The van der Waals surface area contributed by atoms with Gasteiger partial charge in [-0.05, 0) is 43.7 Å². The Kier molecular flexibility index (Phi) is 3.63. The Morgan fingerprint density at radius 2 is 1.87 bits per heavy atom. The molecule has 1 saturated heterocycles. The van der Waals surface area contributed by atoms with Gasteiger partial charge in [0.2, 0.25) is 0 Å². The van der Waals surface area contributed by atoms with Crippen molar-refractivity contribution in [1.29, 1.82) is 0 Å². The third-order valence-corrected chi connectivity index (χ3v) is 5.32. The summed E-state index contributed by atoms with van der Waals surface area (Å²) in [5.41, 5.74) is 1.77. The average molecular weight is 310 g/mol. The molecule has 1 aromatic heterocycles. The number of hydrogen-bond acceptors (Lipinski definition) is 3. The van der Waals surface area contributed by atoms with Crippen molar-refractivity contribution < 1.29 is 4.79 Å². The lowest BCUT2D eigenvalue weighted by molar-refractivity contribution is 0.0780. The SMILES string of the molecule is CCn1ncnc1-c1ccc(C(=O)N2C[C@H]3CCC[C@H]3C2)cc1. The molecule has 0 unspecified atom stereocenters. The molecule has 120 valence electrons. The Hall–Kier alpha value is -2.17. The standard InChI is InChI=1S/C18H22N4O/c1-2-22-17(19-12-20-22)13-6-8-14(9-7-13)18(23)21-10-15-4-3-5-16(15)11-21/h6-9,12,15-16H,2-5,10-11H2,1H3/t15-,16+. The van der Waals surface area contributed by atoms with Crippen LogP contribution < -0.4 is 0 Å². The quantitative estimate of drug-likeness (QED) is 0.876. The zero-order valence-corrected chi connectivity index (χ0v) is 13.5. The van der Waals surface area contributed by atoms with E-state index >= 15 is 0 Å². The minimum absolute atomic E-state index is 0.169. The third-order valence-electron chi connectivity index (χ3n) is 5.32. The van der Waals surface area contributed by atoms with Gasteiger partial charge in [-0.2, -0.15) is 5.10 Å². The van der Waals surface area contributed by atoms with Gasteiger partial charge in [-0.3, -0.25) is 4.79 Å². The summed E-state index contributed by atoms with van der Waals surface area (Å²) in [5, 5.41) is 4.19. The Bertz CT molecular complexity index is 694. The predicted molar refractivity (Wildman–Crippen MR) is 87.9 cm³/mol. The molecule has 1 aromatic carbocycles. The van der Waals surface area contributed by atoms with Crippen molar-refractivity contribution in [2.24, 2.45) is 11.8 Å². The van der Waals surface area contributed by atoms with Crippen LogP contribution in [0.5, 0.6) is 0 Å². The molecule has 2 aliphatic rings. The van der Waals surface area contributed by atoms with Gasteiger partial charge in [0.05, 0.1) is 0 Å². The van der Waals surface area contributed by atoms with E-state index in [1.54, 1.807) is 6.33 Å². The maximum atomic E-state index is 12.7. The molecule has 0 spiro atoms. The van der Waals surface area contributed by atoms with E-state index in [2.05, 4.69) is 10.1 Å². The van der Waals surface area contributed by atoms with Crippen molar-refractivity contribution in [3.63, 3.8) is 0 Å². The van der Waals surface area contributed by atoms with Crippen molar-refractivity contribution in [3.8, 4) is 11.4 Å². The van der Waals surface area contributed by atoms with E-state index in [1.807, 2.05) is 40.8 Å². The highest BCUT2D eigenvalue weighted by Crippen LogP contribution is 2.38. The lowest BCUT2D eigenvalue weighted by Crippen LogP contribution is -2.29. The van der Waals surface area contributed by atoms with Gasteiger partial charge in [-0.25, -0.2) is 9.67 Å². The van der Waals surface area contributed by atoms with Crippen molar-refractivity contribution in [2.75, 3.05) is 13.1 Å². The molecule has 0 N–H and O–H groups in total. The number of rotatable bonds is 3. The summed E-state index contributed by atoms with van der Waals surface area (Å²) in [7, 11) is 0. The lowest BCUT2D eigenvalue weighted by Gasteiger charge is -2.17. The van der Waals surface area contributed by atoms with E-state index in [1.165, 1.54) is 19.3 Å². The molecular weight excluding hydrogens is 288 g/mol. The van der Waals surface area contributed by atoms with E-state index in [4.69, 9.17) is 0 Å². The first-order valence-electron chi connectivity index (χ1n) is 8.53. The van der Waals surface area contributed by atoms with Gasteiger partial charge in [0.25, 0.3) is 5.91 Å². The summed E-state index contributed by atoms with van der Waals surface area (Å²) < 4.78 is 1.86. The lowest BCUT2D eigenvalue weighted by atomic mass is 10.0. The minimum Gasteiger partial charge on any atom is -0.338 e. The Morgan fingerprint density at radius 3 is 2.52 bits per heavy atom. The average Bonchev–Trinajstić information content (AvgIpc) is 3.29. The second-order valence-electron chi connectivity index (χ2n) is 6.64. The van der Waals surface area contributed by atoms with Crippen molar-refractivity contribution in [2.45, 2.75) is 32.7 Å². The number of nitrogens with zero attached hydrogens (tertiary/aromatic N) is 4. The molecule has 0 radical (unpaired) electrons. The topological polar surface area (TPSA) is 51.0 Å². The molecular formula is C18H22N4O. The number of hydrogen-bond donors (Lipinski definition) is 0. The predicted octanol–water partition coefficient (Wildman–Crippen LogP) is 2.84. The summed E-state index contributed by atoms with van der Waals surface area (Å²) in [5.74, 6) is 2.49. The molecule has 2 fully saturated rings. The first-order chi connectivity index (χ1) is 11.3. The van der Waals surface area contributed by atoms with Gasteiger partial charge >= 0.3 is 0 Å². The molecule has 1 saturated carbocycles. The highest BCUT2D eigenvalue weighted by molar-refractivity contribution is 5.94. The van der Waals surface area contributed by atoms with Crippen LogP contribution >= 0.6 is 0 Å². The van der Waals surface area contributed by atoms with Gasteiger partial charge in [-0.1, -0.05) is 18.6 Å². The second-order valence-corrected chi connectivity index (χ2v) is 6.64. The molecule has 2 aromatic rings. The Balaban J connectivity index is 1.51. The van der Waals surface area contributed by atoms with Crippen LogP contribution in [0.15, 0.2) is 30.6 Å². The monoisotopic (exact) mass is 310 g/mol. The third kappa shape index (κ3) is 2.54. The van der Waals surface area contributed by atoms with Crippen molar-refractivity contribution >= 4 is 5.91 Å². The number of aryl methyl sites for hydroxylation is 1. The highest BCUT2D eigenvalue weighted by atomic mass is 16.2. The molecule has 23 heavy (non-hydrogen) atoms. The van der Waals surface area contributed by atoms with Crippen LogP contribution in [0.4, 0.5) is 0 Å². The summed E-state index contributed by atoms with van der Waals surface area (Å²) in [6.45, 7) is 4.71. The minimum atomic E-state index is 0.169. The summed E-state index contributed by atoms with van der Waals surface area (Å²) in [4.78, 5) is 19.0. The molecule has 0 bridgehead atoms.